The molecule has 0 saturated carbocycles. The second-order valence-corrected chi connectivity index (χ2v) is 3.17. The number of nitrogens with zero attached hydrogens (tertiary/aromatic N) is 1. The minimum Gasteiger partial charge on any atom is -0.454 e. The van der Waals surface area contributed by atoms with Gasteiger partial charge in [-0.2, -0.15) is 5.26 Å². The molecule has 0 amide bonds. The topological polar surface area (TPSA) is 33.0 Å². The van der Waals surface area contributed by atoms with E-state index in [1.807, 2.05) is 6.07 Å². The molecule has 0 heterocycles. The monoisotopic (exact) mass is 213 g/mol. The maximum Gasteiger partial charge on any atom is 0.165 e. The molecule has 0 atom stereocenters. The van der Waals surface area contributed by atoms with Crippen LogP contribution in [0.1, 0.15) is 5.56 Å². The van der Waals surface area contributed by atoms with Crippen LogP contribution in [0.3, 0.4) is 0 Å². The van der Waals surface area contributed by atoms with Crippen LogP contribution in [0.25, 0.3) is 0 Å². The first-order chi connectivity index (χ1) is 7.79. The van der Waals surface area contributed by atoms with Gasteiger partial charge in [-0.25, -0.2) is 4.39 Å². The summed E-state index contributed by atoms with van der Waals surface area (Å²) in [6.07, 6.45) is 0. The highest BCUT2D eigenvalue weighted by Gasteiger charge is 2.03. The predicted molar refractivity (Wildman–Crippen MR) is 57.6 cm³/mol. The fourth-order valence-corrected chi connectivity index (χ4v) is 1.28. The average Bonchev–Trinajstić information content (AvgIpc) is 2.32. The van der Waals surface area contributed by atoms with E-state index in [1.165, 1.54) is 12.1 Å². The van der Waals surface area contributed by atoms with E-state index in [-0.39, 0.29) is 5.75 Å². The highest BCUT2D eigenvalue weighted by Crippen LogP contribution is 2.24. The van der Waals surface area contributed by atoms with Crippen LogP contribution in [-0.4, -0.2) is 0 Å². The van der Waals surface area contributed by atoms with Gasteiger partial charge in [0.05, 0.1) is 11.6 Å². The molecule has 0 bridgehead atoms. The fraction of sp³-hybridized carbons (Fsp3) is 0. The number of benzene rings is 2. The third-order valence-corrected chi connectivity index (χ3v) is 2.03. The van der Waals surface area contributed by atoms with Gasteiger partial charge in [-0.3, -0.25) is 0 Å². The average molecular weight is 213 g/mol. The van der Waals surface area contributed by atoms with Crippen LogP contribution in [0.15, 0.2) is 48.5 Å². The van der Waals surface area contributed by atoms with Crippen molar-refractivity contribution in [2.24, 2.45) is 0 Å². The number of para-hydroxylation sites is 1. The maximum atomic E-state index is 13.3. The molecular formula is C13H8FNO. The second kappa shape index (κ2) is 4.45. The Labute approximate surface area is 92.5 Å². The molecular weight excluding hydrogens is 205 g/mol. The van der Waals surface area contributed by atoms with Crippen molar-refractivity contribution in [1.82, 2.24) is 0 Å². The Kier molecular flexibility index (Phi) is 2.84. The molecule has 2 nitrogen and oxygen atoms in total. The van der Waals surface area contributed by atoms with Gasteiger partial charge in [0, 0.05) is 0 Å². The summed E-state index contributed by atoms with van der Waals surface area (Å²) in [5.74, 6) is 0.173. The van der Waals surface area contributed by atoms with Crippen LogP contribution >= 0.6 is 0 Å². The van der Waals surface area contributed by atoms with Crippen LogP contribution in [0.2, 0.25) is 0 Å². The van der Waals surface area contributed by atoms with E-state index in [2.05, 4.69) is 0 Å². The van der Waals surface area contributed by atoms with E-state index < -0.39 is 5.82 Å². The van der Waals surface area contributed by atoms with Crippen molar-refractivity contribution in [2.45, 2.75) is 0 Å². The lowest BCUT2D eigenvalue weighted by molar-refractivity contribution is 0.442. The van der Waals surface area contributed by atoms with Crippen molar-refractivity contribution in [1.29, 1.82) is 5.26 Å². The van der Waals surface area contributed by atoms with Crippen molar-refractivity contribution in [3.05, 3.63) is 59.9 Å². The molecule has 0 aliphatic heterocycles. The smallest absolute Gasteiger partial charge is 0.165 e. The standard InChI is InChI=1S/C13H8FNO/c14-12-6-1-2-7-13(12)16-11-5-3-4-10(8-11)9-15/h1-8H. The van der Waals surface area contributed by atoms with Crippen molar-refractivity contribution in [3.8, 4) is 17.6 Å². The maximum absolute atomic E-state index is 13.3. The molecule has 0 aliphatic rings. The van der Waals surface area contributed by atoms with Crippen LogP contribution < -0.4 is 4.74 Å². The van der Waals surface area contributed by atoms with Crippen molar-refractivity contribution >= 4 is 0 Å². The normalized spacial score (nSPS) is 9.50. The lowest BCUT2D eigenvalue weighted by Gasteiger charge is -2.06. The van der Waals surface area contributed by atoms with Crippen LogP contribution in [0.5, 0.6) is 11.5 Å². The van der Waals surface area contributed by atoms with Gasteiger partial charge in [0.1, 0.15) is 5.75 Å². The zero-order chi connectivity index (χ0) is 11.4. The van der Waals surface area contributed by atoms with Gasteiger partial charge in [-0.1, -0.05) is 18.2 Å². The number of nitriles is 1. The van der Waals surface area contributed by atoms with E-state index in [1.54, 1.807) is 36.4 Å². The van der Waals surface area contributed by atoms with E-state index in [9.17, 15) is 4.39 Å². The third-order valence-electron chi connectivity index (χ3n) is 2.03. The Morgan fingerprint density at radius 2 is 1.88 bits per heavy atom. The van der Waals surface area contributed by atoms with Gasteiger partial charge in [-0.15, -0.1) is 0 Å². The minimum absolute atomic E-state index is 0.151. The molecule has 2 rings (SSSR count). The molecule has 0 radical (unpaired) electrons. The second-order valence-electron chi connectivity index (χ2n) is 3.17. The van der Waals surface area contributed by atoms with E-state index in [0.717, 1.165) is 0 Å². The molecule has 16 heavy (non-hydrogen) atoms. The first kappa shape index (κ1) is 10.2. The molecule has 0 aliphatic carbocycles. The van der Waals surface area contributed by atoms with Crippen LogP contribution in [0, 0.1) is 17.1 Å². The number of halogens is 1. The number of ether oxygens (including phenoxy) is 1. The Balaban J connectivity index is 2.28. The molecule has 0 aromatic heterocycles. The van der Waals surface area contributed by atoms with Gasteiger partial charge in [-0.05, 0) is 30.3 Å². The molecule has 2 aromatic carbocycles. The molecule has 0 fully saturated rings. The Morgan fingerprint density at radius 1 is 1.06 bits per heavy atom. The van der Waals surface area contributed by atoms with Gasteiger partial charge in [0.15, 0.2) is 11.6 Å². The zero-order valence-corrected chi connectivity index (χ0v) is 8.35. The Bertz CT molecular complexity index is 546. The minimum atomic E-state index is -0.426. The number of hydrogen-bond donors (Lipinski definition) is 0. The summed E-state index contributed by atoms with van der Waals surface area (Å²) >= 11 is 0. The quantitative estimate of drug-likeness (QED) is 0.764. The summed E-state index contributed by atoms with van der Waals surface area (Å²) in [5.41, 5.74) is 0.480. The SMILES string of the molecule is N#Cc1cccc(Oc2ccccc2F)c1. The highest BCUT2D eigenvalue weighted by molar-refractivity contribution is 5.39. The molecule has 0 N–H and O–H groups in total. The molecule has 0 unspecified atom stereocenters. The van der Waals surface area contributed by atoms with Gasteiger partial charge < -0.3 is 4.74 Å². The summed E-state index contributed by atoms with van der Waals surface area (Å²) in [5, 5.41) is 8.70. The molecule has 0 saturated heterocycles. The summed E-state index contributed by atoms with van der Waals surface area (Å²) < 4.78 is 18.6. The highest BCUT2D eigenvalue weighted by atomic mass is 19.1. The molecule has 78 valence electrons. The lowest BCUT2D eigenvalue weighted by atomic mass is 10.2. The van der Waals surface area contributed by atoms with Crippen molar-refractivity contribution in [3.63, 3.8) is 0 Å². The number of rotatable bonds is 2. The number of hydrogen-bond acceptors (Lipinski definition) is 2. The summed E-state index contributed by atoms with van der Waals surface area (Å²) in [6, 6.07) is 14.7. The molecule has 0 spiro atoms. The first-order valence-corrected chi connectivity index (χ1v) is 4.72. The first-order valence-electron chi connectivity index (χ1n) is 4.72. The lowest BCUT2D eigenvalue weighted by Crippen LogP contribution is -1.88. The third kappa shape index (κ3) is 2.18. The van der Waals surface area contributed by atoms with Gasteiger partial charge in [0.2, 0.25) is 0 Å². The van der Waals surface area contributed by atoms with Gasteiger partial charge >= 0.3 is 0 Å². The summed E-state index contributed by atoms with van der Waals surface area (Å²) in [6.45, 7) is 0. The van der Waals surface area contributed by atoms with E-state index in [4.69, 9.17) is 10.00 Å². The molecule has 3 heteroatoms. The predicted octanol–water partition coefficient (Wildman–Crippen LogP) is 3.49. The summed E-state index contributed by atoms with van der Waals surface area (Å²) in [4.78, 5) is 0. The van der Waals surface area contributed by atoms with E-state index >= 15 is 0 Å². The van der Waals surface area contributed by atoms with Crippen LogP contribution in [0.4, 0.5) is 4.39 Å². The largest absolute Gasteiger partial charge is 0.454 e. The van der Waals surface area contributed by atoms with Crippen LogP contribution in [-0.2, 0) is 0 Å². The van der Waals surface area contributed by atoms with Crippen molar-refractivity contribution < 1.29 is 9.13 Å². The molecule has 2 aromatic rings. The zero-order valence-electron chi connectivity index (χ0n) is 8.35. The summed E-state index contributed by atoms with van der Waals surface area (Å²) in [7, 11) is 0. The fourth-order valence-electron chi connectivity index (χ4n) is 1.28. The Hall–Kier alpha value is -2.34. The van der Waals surface area contributed by atoms with E-state index in [0.29, 0.717) is 11.3 Å². The Morgan fingerprint density at radius 3 is 2.62 bits per heavy atom. The van der Waals surface area contributed by atoms with Crippen molar-refractivity contribution in [2.75, 3.05) is 0 Å². The van der Waals surface area contributed by atoms with Gasteiger partial charge in [0.25, 0.3) is 0 Å².